The van der Waals surface area contributed by atoms with Gasteiger partial charge in [0.1, 0.15) is 0 Å². The highest BCUT2D eigenvalue weighted by Gasteiger charge is 2.09. The van der Waals surface area contributed by atoms with Crippen molar-refractivity contribution in [3.8, 4) is 0 Å². The van der Waals surface area contributed by atoms with Gasteiger partial charge < -0.3 is 15.4 Å². The van der Waals surface area contributed by atoms with Gasteiger partial charge in [0.15, 0.2) is 0 Å². The minimum Gasteiger partial charge on any atom is -0.379 e. The zero-order valence-electron chi connectivity index (χ0n) is 13.9. The Bertz CT molecular complexity index is 433. The number of rotatable bonds is 10. The molecule has 2 rings (SSSR count). The molecule has 0 aromatic heterocycles. The third-order valence-electron chi connectivity index (χ3n) is 4.04. The number of aryl methyl sites for hydroxylation is 1. The molecule has 0 bridgehead atoms. The Morgan fingerprint density at radius 1 is 1.09 bits per heavy atom. The Morgan fingerprint density at radius 2 is 1.87 bits per heavy atom. The van der Waals surface area contributed by atoms with E-state index in [9.17, 15) is 4.79 Å². The second-order valence-electron chi connectivity index (χ2n) is 5.89. The van der Waals surface area contributed by atoms with Crippen LogP contribution in [0.3, 0.4) is 0 Å². The Kier molecular flexibility index (Phi) is 8.69. The number of nitrogens with zero attached hydrogens (tertiary/aromatic N) is 1. The number of hydrogen-bond donors (Lipinski definition) is 2. The minimum atomic E-state index is 0.136. The van der Waals surface area contributed by atoms with Crippen molar-refractivity contribution in [2.75, 3.05) is 52.5 Å². The van der Waals surface area contributed by atoms with Crippen molar-refractivity contribution in [1.29, 1.82) is 0 Å². The lowest BCUT2D eigenvalue weighted by Crippen LogP contribution is -2.40. The second-order valence-corrected chi connectivity index (χ2v) is 5.89. The van der Waals surface area contributed by atoms with Crippen LogP contribution in [0.1, 0.15) is 18.4 Å². The minimum absolute atomic E-state index is 0.136. The van der Waals surface area contributed by atoms with Gasteiger partial charge in [0, 0.05) is 45.7 Å². The van der Waals surface area contributed by atoms with E-state index in [1.807, 2.05) is 6.07 Å². The average molecular weight is 319 g/mol. The second kappa shape index (κ2) is 11.2. The maximum absolute atomic E-state index is 11.7. The summed E-state index contributed by atoms with van der Waals surface area (Å²) in [5, 5.41) is 6.32. The standard InChI is InChI=1S/C18H29N3O2/c22-18(20-9-4-7-17-5-2-1-3-6-17)8-10-19-11-12-21-13-15-23-16-14-21/h1-3,5-6,19H,4,7-16H2,(H,20,22). The van der Waals surface area contributed by atoms with Crippen LogP contribution < -0.4 is 10.6 Å². The van der Waals surface area contributed by atoms with E-state index in [2.05, 4.69) is 39.8 Å². The van der Waals surface area contributed by atoms with Crippen LogP contribution in [0.25, 0.3) is 0 Å². The molecule has 0 radical (unpaired) electrons. The number of amides is 1. The predicted octanol–water partition coefficient (Wildman–Crippen LogP) is 1.05. The van der Waals surface area contributed by atoms with Crippen LogP contribution in [0.4, 0.5) is 0 Å². The lowest BCUT2D eigenvalue weighted by Gasteiger charge is -2.26. The first kappa shape index (κ1) is 17.9. The van der Waals surface area contributed by atoms with Gasteiger partial charge >= 0.3 is 0 Å². The molecule has 0 unspecified atom stereocenters. The van der Waals surface area contributed by atoms with Crippen LogP contribution in [0, 0.1) is 0 Å². The first-order valence-corrected chi connectivity index (χ1v) is 8.66. The number of carbonyl (C=O) groups is 1. The van der Waals surface area contributed by atoms with Crippen molar-refractivity contribution in [3.05, 3.63) is 35.9 Å². The smallest absolute Gasteiger partial charge is 0.221 e. The van der Waals surface area contributed by atoms with Gasteiger partial charge in [-0.1, -0.05) is 30.3 Å². The summed E-state index contributed by atoms with van der Waals surface area (Å²) >= 11 is 0. The normalized spacial score (nSPS) is 15.5. The quantitative estimate of drug-likeness (QED) is 0.633. The van der Waals surface area contributed by atoms with Gasteiger partial charge in [-0.25, -0.2) is 0 Å². The van der Waals surface area contributed by atoms with Crippen LogP contribution in [-0.4, -0.2) is 63.3 Å². The number of carbonyl (C=O) groups excluding carboxylic acids is 1. The highest BCUT2D eigenvalue weighted by atomic mass is 16.5. The van der Waals surface area contributed by atoms with Gasteiger partial charge in [-0.05, 0) is 18.4 Å². The third-order valence-corrected chi connectivity index (χ3v) is 4.04. The average Bonchev–Trinajstić information content (AvgIpc) is 2.60. The molecule has 23 heavy (non-hydrogen) atoms. The molecule has 1 fully saturated rings. The van der Waals surface area contributed by atoms with Gasteiger partial charge in [-0.2, -0.15) is 0 Å². The van der Waals surface area contributed by atoms with E-state index in [1.54, 1.807) is 0 Å². The number of hydrogen-bond acceptors (Lipinski definition) is 4. The third kappa shape index (κ3) is 8.11. The predicted molar refractivity (Wildman–Crippen MR) is 92.5 cm³/mol. The Morgan fingerprint density at radius 3 is 2.65 bits per heavy atom. The number of ether oxygens (including phenoxy) is 1. The lowest BCUT2D eigenvalue weighted by atomic mass is 10.1. The first-order chi connectivity index (χ1) is 11.3. The molecule has 0 atom stereocenters. The van der Waals surface area contributed by atoms with Crippen LogP contribution in [-0.2, 0) is 16.0 Å². The summed E-state index contributed by atoms with van der Waals surface area (Å²) in [6.45, 7) is 7.17. The first-order valence-electron chi connectivity index (χ1n) is 8.66. The van der Waals surface area contributed by atoms with Crippen molar-refractivity contribution in [2.24, 2.45) is 0 Å². The summed E-state index contributed by atoms with van der Waals surface area (Å²) in [6.07, 6.45) is 2.55. The topological polar surface area (TPSA) is 53.6 Å². The molecular weight excluding hydrogens is 290 g/mol. The molecule has 0 saturated carbocycles. The monoisotopic (exact) mass is 319 g/mol. The molecule has 5 heteroatoms. The van der Waals surface area contributed by atoms with E-state index >= 15 is 0 Å². The largest absolute Gasteiger partial charge is 0.379 e. The molecule has 1 aliphatic heterocycles. The number of benzene rings is 1. The highest BCUT2D eigenvalue weighted by Crippen LogP contribution is 2.01. The summed E-state index contributed by atoms with van der Waals surface area (Å²) in [6, 6.07) is 10.4. The maximum atomic E-state index is 11.7. The summed E-state index contributed by atoms with van der Waals surface area (Å²) in [5.41, 5.74) is 1.33. The van der Waals surface area contributed by atoms with Crippen molar-refractivity contribution in [1.82, 2.24) is 15.5 Å². The molecule has 1 heterocycles. The maximum Gasteiger partial charge on any atom is 0.221 e. The fourth-order valence-corrected chi connectivity index (χ4v) is 2.64. The van der Waals surface area contributed by atoms with Crippen molar-refractivity contribution < 1.29 is 9.53 Å². The number of nitrogens with one attached hydrogen (secondary N) is 2. The molecule has 1 saturated heterocycles. The lowest BCUT2D eigenvalue weighted by molar-refractivity contribution is -0.121. The van der Waals surface area contributed by atoms with Crippen LogP contribution in [0.15, 0.2) is 30.3 Å². The molecule has 1 aliphatic rings. The fraction of sp³-hybridized carbons (Fsp3) is 0.611. The Labute approximate surface area is 139 Å². The molecule has 0 spiro atoms. The zero-order chi connectivity index (χ0) is 16.2. The van der Waals surface area contributed by atoms with E-state index in [-0.39, 0.29) is 5.91 Å². The van der Waals surface area contributed by atoms with Crippen molar-refractivity contribution >= 4 is 5.91 Å². The zero-order valence-corrected chi connectivity index (χ0v) is 13.9. The van der Waals surface area contributed by atoms with E-state index in [0.717, 1.165) is 65.3 Å². The molecule has 5 nitrogen and oxygen atoms in total. The molecule has 1 aromatic rings. The van der Waals surface area contributed by atoms with Crippen LogP contribution in [0.2, 0.25) is 0 Å². The molecule has 128 valence electrons. The highest BCUT2D eigenvalue weighted by molar-refractivity contribution is 5.75. The van der Waals surface area contributed by atoms with Gasteiger partial charge in [0.05, 0.1) is 13.2 Å². The summed E-state index contributed by atoms with van der Waals surface area (Å²) in [5.74, 6) is 0.136. The van der Waals surface area contributed by atoms with Gasteiger partial charge in [-0.15, -0.1) is 0 Å². The SMILES string of the molecule is O=C(CCNCCN1CCOCC1)NCCCc1ccccc1. The molecule has 2 N–H and O–H groups in total. The van der Waals surface area contributed by atoms with Crippen LogP contribution in [0.5, 0.6) is 0 Å². The summed E-state index contributed by atoms with van der Waals surface area (Å²) in [7, 11) is 0. The summed E-state index contributed by atoms with van der Waals surface area (Å²) in [4.78, 5) is 14.1. The van der Waals surface area contributed by atoms with E-state index < -0.39 is 0 Å². The molecule has 1 amide bonds. The van der Waals surface area contributed by atoms with Gasteiger partial charge in [0.25, 0.3) is 0 Å². The van der Waals surface area contributed by atoms with Crippen molar-refractivity contribution in [3.63, 3.8) is 0 Å². The van der Waals surface area contributed by atoms with E-state index in [0.29, 0.717) is 6.42 Å². The molecular formula is C18H29N3O2. The van der Waals surface area contributed by atoms with E-state index in [4.69, 9.17) is 4.74 Å². The molecule has 1 aromatic carbocycles. The Hall–Kier alpha value is -1.43. The summed E-state index contributed by atoms with van der Waals surface area (Å²) < 4.78 is 5.32. The van der Waals surface area contributed by atoms with Gasteiger partial charge in [0.2, 0.25) is 5.91 Å². The Balaban J connectivity index is 1.41. The fourth-order valence-electron chi connectivity index (χ4n) is 2.64. The number of morpholine rings is 1. The van der Waals surface area contributed by atoms with E-state index in [1.165, 1.54) is 5.56 Å². The van der Waals surface area contributed by atoms with Crippen LogP contribution >= 0.6 is 0 Å². The van der Waals surface area contributed by atoms with Crippen molar-refractivity contribution in [2.45, 2.75) is 19.3 Å². The van der Waals surface area contributed by atoms with Gasteiger partial charge in [-0.3, -0.25) is 9.69 Å². The molecule has 0 aliphatic carbocycles.